The first-order valence-electron chi connectivity index (χ1n) is 5.55. The molecule has 0 saturated carbocycles. The van der Waals surface area contributed by atoms with Crippen LogP contribution in [0, 0.1) is 10.1 Å². The van der Waals surface area contributed by atoms with Crippen molar-refractivity contribution in [3.8, 4) is 0 Å². The van der Waals surface area contributed by atoms with E-state index in [2.05, 4.69) is 10.1 Å². The fourth-order valence-corrected chi connectivity index (χ4v) is 1.57. The standard InChI is InChI=1S/C11H13N3O6/c1-7(15)12-8(11(17)20-2)6-13-5-3-4-9(10(13)16)14(18)19/h3-5,8H,6H2,1-2H3,(H,12,15). The third kappa shape index (κ3) is 3.64. The van der Waals surface area contributed by atoms with Gasteiger partial charge in [-0.05, 0) is 6.07 Å². The van der Waals surface area contributed by atoms with E-state index in [4.69, 9.17) is 0 Å². The molecule has 0 spiro atoms. The second kappa shape index (κ2) is 6.45. The number of esters is 1. The van der Waals surface area contributed by atoms with Crippen LogP contribution in [0.2, 0.25) is 0 Å². The molecule has 1 aromatic heterocycles. The lowest BCUT2D eigenvalue weighted by Gasteiger charge is -2.16. The van der Waals surface area contributed by atoms with Crippen molar-refractivity contribution in [2.24, 2.45) is 0 Å². The van der Waals surface area contributed by atoms with E-state index in [1.165, 1.54) is 19.2 Å². The Labute approximate surface area is 113 Å². The minimum atomic E-state index is -1.10. The normalized spacial score (nSPS) is 11.5. The summed E-state index contributed by atoms with van der Waals surface area (Å²) in [5.41, 5.74) is -1.48. The van der Waals surface area contributed by atoms with E-state index in [1.54, 1.807) is 0 Å². The third-order valence-electron chi connectivity index (χ3n) is 2.44. The van der Waals surface area contributed by atoms with E-state index >= 15 is 0 Å². The molecule has 9 heteroatoms. The summed E-state index contributed by atoms with van der Waals surface area (Å²) in [5, 5.41) is 13.0. The van der Waals surface area contributed by atoms with Crippen LogP contribution in [0.15, 0.2) is 23.1 Å². The van der Waals surface area contributed by atoms with Crippen LogP contribution in [0.3, 0.4) is 0 Å². The van der Waals surface area contributed by atoms with Crippen LogP contribution >= 0.6 is 0 Å². The summed E-state index contributed by atoms with van der Waals surface area (Å²) in [6.45, 7) is 0.943. The number of ether oxygens (including phenoxy) is 1. The third-order valence-corrected chi connectivity index (χ3v) is 2.44. The van der Waals surface area contributed by atoms with E-state index in [1.807, 2.05) is 0 Å². The lowest BCUT2D eigenvalue weighted by molar-refractivity contribution is -0.386. The molecule has 0 saturated heterocycles. The number of aromatic nitrogens is 1. The van der Waals surface area contributed by atoms with E-state index in [0.29, 0.717) is 0 Å². The van der Waals surface area contributed by atoms with Crippen molar-refractivity contribution >= 4 is 17.6 Å². The van der Waals surface area contributed by atoms with Gasteiger partial charge in [0.15, 0.2) is 0 Å². The lowest BCUT2D eigenvalue weighted by atomic mass is 10.2. The molecule has 1 rings (SSSR count). The quantitative estimate of drug-likeness (QED) is 0.439. The fourth-order valence-electron chi connectivity index (χ4n) is 1.57. The van der Waals surface area contributed by atoms with Crippen molar-refractivity contribution in [3.63, 3.8) is 0 Å². The number of nitrogens with zero attached hydrogens (tertiary/aromatic N) is 2. The van der Waals surface area contributed by atoms with Crippen LogP contribution < -0.4 is 10.9 Å². The van der Waals surface area contributed by atoms with Crippen LogP contribution in [-0.4, -0.2) is 34.5 Å². The van der Waals surface area contributed by atoms with Gasteiger partial charge in [-0.1, -0.05) is 0 Å². The maximum atomic E-state index is 11.8. The zero-order valence-corrected chi connectivity index (χ0v) is 10.9. The van der Waals surface area contributed by atoms with Gasteiger partial charge in [0.2, 0.25) is 5.91 Å². The molecule has 1 amide bonds. The summed E-state index contributed by atoms with van der Waals surface area (Å²) in [5.74, 6) is -1.24. The first-order chi connectivity index (χ1) is 9.36. The number of amides is 1. The predicted molar refractivity (Wildman–Crippen MR) is 67.0 cm³/mol. The second-order valence-corrected chi connectivity index (χ2v) is 3.88. The summed E-state index contributed by atoms with van der Waals surface area (Å²) in [6.07, 6.45) is 1.28. The van der Waals surface area contributed by atoms with Crippen molar-refractivity contribution in [1.82, 2.24) is 9.88 Å². The Morgan fingerprint density at radius 3 is 2.70 bits per heavy atom. The van der Waals surface area contributed by atoms with Gasteiger partial charge in [-0.3, -0.25) is 19.7 Å². The molecule has 1 heterocycles. The van der Waals surface area contributed by atoms with Crippen LogP contribution in [0.25, 0.3) is 0 Å². The van der Waals surface area contributed by atoms with Crippen molar-refractivity contribution in [1.29, 1.82) is 0 Å². The van der Waals surface area contributed by atoms with Gasteiger partial charge in [-0.2, -0.15) is 0 Å². The summed E-state index contributed by atoms with van der Waals surface area (Å²) < 4.78 is 5.47. The van der Waals surface area contributed by atoms with Crippen molar-refractivity contribution in [2.45, 2.75) is 19.5 Å². The molecule has 0 radical (unpaired) electrons. The Bertz CT molecular complexity index is 594. The monoisotopic (exact) mass is 283 g/mol. The Morgan fingerprint density at radius 2 is 2.20 bits per heavy atom. The van der Waals surface area contributed by atoms with Gasteiger partial charge in [-0.25, -0.2) is 4.79 Å². The number of nitrogens with one attached hydrogen (secondary N) is 1. The number of pyridine rings is 1. The Hall–Kier alpha value is -2.71. The number of nitro groups is 1. The molecule has 108 valence electrons. The highest BCUT2D eigenvalue weighted by atomic mass is 16.6. The van der Waals surface area contributed by atoms with Crippen LogP contribution in [-0.2, 0) is 20.9 Å². The molecule has 1 atom stereocenters. The van der Waals surface area contributed by atoms with Crippen molar-refractivity contribution < 1.29 is 19.2 Å². The highest BCUT2D eigenvalue weighted by Crippen LogP contribution is 2.03. The summed E-state index contributed by atoms with van der Waals surface area (Å²) >= 11 is 0. The van der Waals surface area contributed by atoms with E-state index in [0.717, 1.165) is 17.7 Å². The minimum Gasteiger partial charge on any atom is -0.467 e. The number of hydrogen-bond donors (Lipinski definition) is 1. The molecule has 1 unspecified atom stereocenters. The Kier molecular flexibility index (Phi) is 4.95. The first-order valence-corrected chi connectivity index (χ1v) is 5.55. The number of methoxy groups -OCH3 is 1. The molecule has 1 N–H and O–H groups in total. The summed E-state index contributed by atoms with van der Waals surface area (Å²) in [4.78, 5) is 44.1. The molecule has 0 aliphatic carbocycles. The smallest absolute Gasteiger partial charge is 0.334 e. The Morgan fingerprint density at radius 1 is 1.55 bits per heavy atom. The largest absolute Gasteiger partial charge is 0.467 e. The predicted octanol–water partition coefficient (Wildman–Crippen LogP) is -0.566. The Balaban J connectivity index is 3.08. The van der Waals surface area contributed by atoms with Crippen LogP contribution in [0.5, 0.6) is 0 Å². The zero-order valence-electron chi connectivity index (χ0n) is 10.9. The molecule has 0 aliphatic rings. The molecule has 0 fully saturated rings. The molecule has 0 bridgehead atoms. The van der Waals surface area contributed by atoms with Gasteiger partial charge in [0.25, 0.3) is 0 Å². The molecular weight excluding hydrogens is 270 g/mol. The topological polar surface area (TPSA) is 121 Å². The molecule has 20 heavy (non-hydrogen) atoms. The summed E-state index contributed by atoms with van der Waals surface area (Å²) in [7, 11) is 1.13. The molecular formula is C11H13N3O6. The average molecular weight is 283 g/mol. The van der Waals surface area contributed by atoms with Gasteiger partial charge in [-0.15, -0.1) is 0 Å². The summed E-state index contributed by atoms with van der Waals surface area (Å²) in [6, 6.07) is 1.27. The fraction of sp³-hybridized carbons (Fsp3) is 0.364. The van der Waals surface area contributed by atoms with Gasteiger partial charge >= 0.3 is 17.2 Å². The van der Waals surface area contributed by atoms with Crippen LogP contribution in [0.1, 0.15) is 6.92 Å². The molecule has 1 aromatic rings. The van der Waals surface area contributed by atoms with Crippen LogP contribution in [0.4, 0.5) is 5.69 Å². The van der Waals surface area contributed by atoms with Gasteiger partial charge in [0, 0.05) is 19.2 Å². The van der Waals surface area contributed by atoms with E-state index in [9.17, 15) is 24.5 Å². The highest BCUT2D eigenvalue weighted by molar-refractivity contribution is 5.83. The maximum absolute atomic E-state index is 11.8. The SMILES string of the molecule is COC(=O)C(Cn1cccc([N+](=O)[O-])c1=O)NC(C)=O. The highest BCUT2D eigenvalue weighted by Gasteiger charge is 2.23. The van der Waals surface area contributed by atoms with Gasteiger partial charge in [0.05, 0.1) is 18.6 Å². The van der Waals surface area contributed by atoms with E-state index < -0.39 is 34.1 Å². The zero-order chi connectivity index (χ0) is 15.3. The maximum Gasteiger partial charge on any atom is 0.334 e. The number of carbonyl (C=O) groups is 2. The number of hydrogen-bond acceptors (Lipinski definition) is 6. The van der Waals surface area contributed by atoms with Crippen molar-refractivity contribution in [3.05, 3.63) is 38.8 Å². The lowest BCUT2D eigenvalue weighted by Crippen LogP contribution is -2.45. The van der Waals surface area contributed by atoms with Gasteiger partial charge < -0.3 is 14.6 Å². The number of rotatable bonds is 5. The minimum absolute atomic E-state index is 0.257. The molecule has 9 nitrogen and oxygen atoms in total. The second-order valence-electron chi connectivity index (χ2n) is 3.88. The van der Waals surface area contributed by atoms with E-state index in [-0.39, 0.29) is 6.54 Å². The first kappa shape index (κ1) is 15.3. The number of carbonyl (C=O) groups excluding carboxylic acids is 2. The average Bonchev–Trinajstić information content (AvgIpc) is 2.38. The molecule has 0 aromatic carbocycles. The van der Waals surface area contributed by atoms with Crippen molar-refractivity contribution in [2.75, 3.05) is 7.11 Å². The van der Waals surface area contributed by atoms with Gasteiger partial charge in [0.1, 0.15) is 6.04 Å². The molecule has 0 aliphatic heterocycles.